The van der Waals surface area contributed by atoms with Gasteiger partial charge in [-0.15, -0.1) is 0 Å². The van der Waals surface area contributed by atoms with Crippen LogP contribution in [0.5, 0.6) is 0 Å². The summed E-state index contributed by atoms with van der Waals surface area (Å²) in [6, 6.07) is 8.88. The Labute approximate surface area is 119 Å². The van der Waals surface area contributed by atoms with Crippen molar-refractivity contribution in [2.45, 2.75) is 33.2 Å². The van der Waals surface area contributed by atoms with Crippen molar-refractivity contribution in [2.75, 3.05) is 13.2 Å². The smallest absolute Gasteiger partial charge is 0.322 e. The molecule has 0 saturated heterocycles. The van der Waals surface area contributed by atoms with Gasteiger partial charge < -0.3 is 4.74 Å². The van der Waals surface area contributed by atoms with Crippen LogP contribution in [0.3, 0.4) is 0 Å². The van der Waals surface area contributed by atoms with Gasteiger partial charge in [0.05, 0.1) is 6.61 Å². The Morgan fingerprint density at radius 2 is 1.80 bits per heavy atom. The van der Waals surface area contributed by atoms with Crippen LogP contribution < -0.4 is 5.43 Å². The third-order valence-corrected chi connectivity index (χ3v) is 2.67. The maximum atomic E-state index is 12.1. The van der Waals surface area contributed by atoms with Crippen LogP contribution in [-0.2, 0) is 9.53 Å². The lowest BCUT2D eigenvalue weighted by Crippen LogP contribution is -2.54. The minimum atomic E-state index is -0.392. The highest BCUT2D eigenvalue weighted by atomic mass is 16.5. The van der Waals surface area contributed by atoms with Crippen LogP contribution in [0.2, 0.25) is 0 Å². The Bertz CT molecular complexity index is 452. The number of hydrogen-bond acceptors (Lipinski definition) is 4. The van der Waals surface area contributed by atoms with Crippen molar-refractivity contribution >= 4 is 11.9 Å². The van der Waals surface area contributed by atoms with Crippen LogP contribution in [0.4, 0.5) is 0 Å². The summed E-state index contributed by atoms with van der Waals surface area (Å²) < 4.78 is 4.92. The van der Waals surface area contributed by atoms with Crippen molar-refractivity contribution < 1.29 is 14.3 Å². The number of carbonyl (C=O) groups excluding carboxylic acids is 2. The number of amides is 1. The second-order valence-electron chi connectivity index (χ2n) is 5.37. The first-order valence-electron chi connectivity index (χ1n) is 6.64. The number of hydrogen-bond donors (Lipinski definition) is 1. The Hall–Kier alpha value is -1.88. The molecule has 1 aromatic carbocycles. The highest BCUT2D eigenvalue weighted by molar-refractivity contribution is 5.94. The topological polar surface area (TPSA) is 58.6 Å². The standard InChI is InChI=1S/C15H22N2O3/c1-5-20-13(18)11-17(15(2,3)4)16-14(19)12-9-7-6-8-10-12/h6-10H,5,11H2,1-4H3,(H,16,19). The lowest BCUT2D eigenvalue weighted by atomic mass is 10.1. The van der Waals surface area contributed by atoms with E-state index in [1.54, 1.807) is 36.2 Å². The van der Waals surface area contributed by atoms with E-state index in [1.807, 2.05) is 26.8 Å². The van der Waals surface area contributed by atoms with E-state index in [1.165, 1.54) is 0 Å². The van der Waals surface area contributed by atoms with E-state index in [0.717, 1.165) is 0 Å². The zero-order chi connectivity index (χ0) is 15.2. The quantitative estimate of drug-likeness (QED) is 0.661. The van der Waals surface area contributed by atoms with Crippen molar-refractivity contribution in [1.29, 1.82) is 0 Å². The molecule has 0 aromatic heterocycles. The number of ether oxygens (including phenoxy) is 1. The molecule has 20 heavy (non-hydrogen) atoms. The van der Waals surface area contributed by atoms with E-state index in [4.69, 9.17) is 4.74 Å². The molecule has 1 rings (SSSR count). The Morgan fingerprint density at radius 1 is 1.20 bits per heavy atom. The summed E-state index contributed by atoms with van der Waals surface area (Å²) in [6.45, 7) is 7.83. The molecule has 5 nitrogen and oxygen atoms in total. The fourth-order valence-corrected chi connectivity index (χ4v) is 1.56. The second kappa shape index (κ2) is 7.05. The van der Waals surface area contributed by atoms with Gasteiger partial charge in [0.2, 0.25) is 0 Å². The molecule has 1 aromatic rings. The van der Waals surface area contributed by atoms with E-state index in [2.05, 4.69) is 5.43 Å². The second-order valence-corrected chi connectivity index (χ2v) is 5.37. The highest BCUT2D eigenvalue weighted by Gasteiger charge is 2.26. The van der Waals surface area contributed by atoms with Crippen LogP contribution in [0.15, 0.2) is 30.3 Å². The summed E-state index contributed by atoms with van der Waals surface area (Å²) in [7, 11) is 0. The molecule has 0 saturated carbocycles. The first-order chi connectivity index (χ1) is 9.34. The normalized spacial score (nSPS) is 11.2. The molecule has 1 N–H and O–H groups in total. The van der Waals surface area contributed by atoms with Crippen LogP contribution in [0.25, 0.3) is 0 Å². The van der Waals surface area contributed by atoms with E-state index < -0.39 is 5.54 Å². The van der Waals surface area contributed by atoms with Gasteiger partial charge in [-0.1, -0.05) is 18.2 Å². The summed E-state index contributed by atoms with van der Waals surface area (Å²) in [5.74, 6) is -0.611. The maximum absolute atomic E-state index is 12.1. The Morgan fingerprint density at radius 3 is 2.30 bits per heavy atom. The summed E-state index contributed by atoms with van der Waals surface area (Å²) in [5, 5.41) is 1.58. The number of nitrogens with zero attached hydrogens (tertiary/aromatic N) is 1. The number of benzene rings is 1. The lowest BCUT2D eigenvalue weighted by molar-refractivity contribution is -0.146. The SMILES string of the molecule is CCOC(=O)CN(NC(=O)c1ccccc1)C(C)(C)C. The lowest BCUT2D eigenvalue weighted by Gasteiger charge is -2.34. The molecular weight excluding hydrogens is 256 g/mol. The van der Waals surface area contributed by atoms with E-state index in [0.29, 0.717) is 12.2 Å². The average Bonchev–Trinajstić information content (AvgIpc) is 2.38. The van der Waals surface area contributed by atoms with Gasteiger partial charge in [0, 0.05) is 11.1 Å². The molecule has 5 heteroatoms. The molecular formula is C15H22N2O3. The summed E-state index contributed by atoms with van der Waals surface area (Å²) in [6.07, 6.45) is 0. The van der Waals surface area contributed by atoms with Gasteiger partial charge in [-0.2, -0.15) is 0 Å². The third kappa shape index (κ3) is 5.01. The molecule has 0 radical (unpaired) electrons. The van der Waals surface area contributed by atoms with Gasteiger partial charge in [-0.05, 0) is 39.8 Å². The third-order valence-electron chi connectivity index (χ3n) is 2.67. The van der Waals surface area contributed by atoms with Crippen LogP contribution in [-0.4, -0.2) is 35.6 Å². The van der Waals surface area contributed by atoms with Crippen LogP contribution >= 0.6 is 0 Å². The number of esters is 1. The summed E-state index contributed by atoms with van der Waals surface area (Å²) in [4.78, 5) is 23.7. The molecule has 110 valence electrons. The van der Waals surface area contributed by atoms with Gasteiger partial charge in [0.1, 0.15) is 6.54 Å². The van der Waals surface area contributed by atoms with Gasteiger partial charge in [0.15, 0.2) is 0 Å². The van der Waals surface area contributed by atoms with Crippen molar-refractivity contribution in [3.05, 3.63) is 35.9 Å². The summed E-state index contributed by atoms with van der Waals surface area (Å²) >= 11 is 0. The minimum Gasteiger partial charge on any atom is -0.465 e. The Kier molecular flexibility index (Phi) is 5.70. The zero-order valence-corrected chi connectivity index (χ0v) is 12.5. The van der Waals surface area contributed by atoms with Gasteiger partial charge >= 0.3 is 5.97 Å². The van der Waals surface area contributed by atoms with E-state index >= 15 is 0 Å². The predicted octanol–water partition coefficient (Wildman–Crippen LogP) is 1.99. The molecule has 1 amide bonds. The molecule has 0 spiro atoms. The number of rotatable bonds is 5. The maximum Gasteiger partial charge on any atom is 0.322 e. The summed E-state index contributed by atoms with van der Waals surface area (Å²) in [5.41, 5.74) is 2.91. The van der Waals surface area contributed by atoms with Crippen molar-refractivity contribution in [3.8, 4) is 0 Å². The van der Waals surface area contributed by atoms with E-state index in [-0.39, 0.29) is 18.4 Å². The van der Waals surface area contributed by atoms with Gasteiger partial charge in [-0.25, -0.2) is 5.01 Å². The fraction of sp³-hybridized carbons (Fsp3) is 0.467. The Balaban J connectivity index is 2.75. The van der Waals surface area contributed by atoms with Crippen LogP contribution in [0.1, 0.15) is 38.1 Å². The molecule has 0 aliphatic heterocycles. The molecule has 0 aliphatic carbocycles. The van der Waals surface area contributed by atoms with Gasteiger partial charge in [0.25, 0.3) is 5.91 Å². The average molecular weight is 278 g/mol. The number of hydrazine groups is 1. The fourth-order valence-electron chi connectivity index (χ4n) is 1.56. The van der Waals surface area contributed by atoms with Crippen molar-refractivity contribution in [1.82, 2.24) is 10.4 Å². The molecule has 0 unspecified atom stereocenters. The van der Waals surface area contributed by atoms with Crippen molar-refractivity contribution in [2.24, 2.45) is 0 Å². The first kappa shape index (κ1) is 16.2. The minimum absolute atomic E-state index is 0.00983. The molecule has 0 heterocycles. The molecule has 0 aliphatic rings. The molecule has 0 bridgehead atoms. The zero-order valence-electron chi connectivity index (χ0n) is 12.5. The van der Waals surface area contributed by atoms with Crippen molar-refractivity contribution in [3.63, 3.8) is 0 Å². The van der Waals surface area contributed by atoms with E-state index in [9.17, 15) is 9.59 Å². The number of carbonyl (C=O) groups is 2. The molecule has 0 atom stereocenters. The predicted molar refractivity (Wildman–Crippen MR) is 77.0 cm³/mol. The monoisotopic (exact) mass is 278 g/mol. The molecule has 0 fully saturated rings. The largest absolute Gasteiger partial charge is 0.465 e. The number of nitrogens with one attached hydrogen (secondary N) is 1. The highest BCUT2D eigenvalue weighted by Crippen LogP contribution is 2.11. The van der Waals surface area contributed by atoms with Gasteiger partial charge in [-0.3, -0.25) is 15.0 Å². The van der Waals surface area contributed by atoms with Crippen LogP contribution in [0, 0.1) is 0 Å². The first-order valence-corrected chi connectivity index (χ1v) is 6.64.